The number of hydrogen-bond acceptors (Lipinski definition) is 3. The lowest BCUT2D eigenvalue weighted by molar-refractivity contribution is -0.146. The summed E-state index contributed by atoms with van der Waals surface area (Å²) in [5.74, 6) is -2.14. The van der Waals surface area contributed by atoms with Crippen LogP contribution >= 0.6 is 0 Å². The molecule has 1 aliphatic rings. The summed E-state index contributed by atoms with van der Waals surface area (Å²) in [4.78, 5) is 22.0. The molecule has 1 amide bonds. The molecule has 1 aliphatic carbocycles. The average Bonchev–Trinajstić information content (AvgIpc) is 2.29. The first-order valence-corrected chi connectivity index (χ1v) is 6.07. The third-order valence-corrected chi connectivity index (χ3v) is 3.56. The number of carboxylic acids is 1. The zero-order chi connectivity index (χ0) is 13.1. The monoisotopic (exact) mass is 243 g/mol. The highest BCUT2D eigenvalue weighted by atomic mass is 16.4. The molecular formula is C12H21NO4. The van der Waals surface area contributed by atoms with Gasteiger partial charge in [0.1, 0.15) is 5.92 Å². The van der Waals surface area contributed by atoms with Crippen LogP contribution in [0.25, 0.3) is 0 Å². The Hall–Kier alpha value is -1.10. The molecule has 1 saturated carbocycles. The first-order chi connectivity index (χ1) is 7.84. The lowest BCUT2D eigenvalue weighted by Gasteiger charge is -2.35. The third-order valence-electron chi connectivity index (χ3n) is 3.56. The Morgan fingerprint density at radius 1 is 1.41 bits per heavy atom. The summed E-state index contributed by atoms with van der Waals surface area (Å²) in [5, 5.41) is 21.4. The van der Waals surface area contributed by atoms with Gasteiger partial charge in [-0.15, -0.1) is 0 Å². The molecular weight excluding hydrogens is 222 g/mol. The summed E-state index contributed by atoms with van der Waals surface area (Å²) < 4.78 is 0. The quantitative estimate of drug-likeness (QED) is 0.636. The standard InChI is InChI=1S/C12H21NO4/c1-8-3-5-12(17,6-4-8)7-13-10(14)9(2)11(15)16/h8-9,17H,3-7H2,1-2H3,(H,13,14)(H,15,16). The topological polar surface area (TPSA) is 86.6 Å². The van der Waals surface area contributed by atoms with Crippen molar-refractivity contribution in [1.29, 1.82) is 0 Å². The molecule has 0 saturated heterocycles. The lowest BCUT2D eigenvalue weighted by atomic mass is 9.79. The Morgan fingerprint density at radius 3 is 2.41 bits per heavy atom. The molecule has 1 fully saturated rings. The van der Waals surface area contributed by atoms with Crippen LogP contribution in [0.2, 0.25) is 0 Å². The van der Waals surface area contributed by atoms with Crippen molar-refractivity contribution in [1.82, 2.24) is 5.32 Å². The van der Waals surface area contributed by atoms with Gasteiger partial charge in [-0.25, -0.2) is 0 Å². The smallest absolute Gasteiger partial charge is 0.315 e. The molecule has 5 heteroatoms. The zero-order valence-electron chi connectivity index (χ0n) is 10.4. The SMILES string of the molecule is CC1CCC(O)(CNC(=O)C(C)C(=O)O)CC1. The summed E-state index contributed by atoms with van der Waals surface area (Å²) in [6, 6.07) is 0. The van der Waals surface area contributed by atoms with Crippen molar-refractivity contribution in [2.24, 2.45) is 11.8 Å². The van der Waals surface area contributed by atoms with Gasteiger partial charge in [0, 0.05) is 6.54 Å². The van der Waals surface area contributed by atoms with E-state index >= 15 is 0 Å². The summed E-state index contributed by atoms with van der Waals surface area (Å²) in [6.07, 6.45) is 3.22. The van der Waals surface area contributed by atoms with Gasteiger partial charge in [-0.1, -0.05) is 6.92 Å². The Morgan fingerprint density at radius 2 is 1.94 bits per heavy atom. The molecule has 0 spiro atoms. The van der Waals surface area contributed by atoms with E-state index in [0.717, 1.165) is 12.8 Å². The van der Waals surface area contributed by atoms with Gasteiger partial charge in [0.15, 0.2) is 0 Å². The van der Waals surface area contributed by atoms with Gasteiger partial charge in [0.2, 0.25) is 5.91 Å². The van der Waals surface area contributed by atoms with Crippen LogP contribution in [0.1, 0.15) is 39.5 Å². The van der Waals surface area contributed by atoms with Crippen LogP contribution in [0.15, 0.2) is 0 Å². The minimum Gasteiger partial charge on any atom is -0.481 e. The van der Waals surface area contributed by atoms with Crippen LogP contribution in [0.3, 0.4) is 0 Å². The Bertz CT molecular complexity index is 295. The maximum Gasteiger partial charge on any atom is 0.315 e. The molecule has 0 aromatic heterocycles. The number of carbonyl (C=O) groups is 2. The minimum atomic E-state index is -1.15. The predicted molar refractivity (Wildman–Crippen MR) is 62.4 cm³/mol. The Labute approximate surface area is 101 Å². The number of aliphatic carboxylic acids is 1. The van der Waals surface area contributed by atoms with E-state index in [9.17, 15) is 14.7 Å². The average molecular weight is 243 g/mol. The molecule has 0 heterocycles. The van der Waals surface area contributed by atoms with E-state index in [1.807, 2.05) is 0 Å². The van der Waals surface area contributed by atoms with E-state index in [1.165, 1.54) is 6.92 Å². The van der Waals surface area contributed by atoms with Crippen LogP contribution < -0.4 is 5.32 Å². The summed E-state index contributed by atoms with van der Waals surface area (Å²) in [6.45, 7) is 3.63. The molecule has 1 atom stereocenters. The summed E-state index contributed by atoms with van der Waals surface area (Å²) >= 11 is 0. The largest absolute Gasteiger partial charge is 0.481 e. The van der Waals surface area contributed by atoms with Gasteiger partial charge in [0.05, 0.1) is 5.60 Å². The molecule has 3 N–H and O–H groups in total. The first-order valence-electron chi connectivity index (χ1n) is 6.07. The maximum atomic E-state index is 11.4. The van der Waals surface area contributed by atoms with Gasteiger partial charge in [0.25, 0.3) is 0 Å². The Kier molecular flexibility index (Phi) is 4.51. The molecule has 0 aromatic rings. The van der Waals surface area contributed by atoms with Crippen molar-refractivity contribution >= 4 is 11.9 Å². The fourth-order valence-corrected chi connectivity index (χ4v) is 1.99. The second kappa shape index (κ2) is 5.49. The van der Waals surface area contributed by atoms with Crippen molar-refractivity contribution in [3.8, 4) is 0 Å². The highest BCUT2D eigenvalue weighted by molar-refractivity contribution is 5.96. The molecule has 0 aliphatic heterocycles. The highest BCUT2D eigenvalue weighted by Gasteiger charge is 2.33. The molecule has 0 radical (unpaired) electrons. The second-order valence-corrected chi connectivity index (χ2v) is 5.18. The number of rotatable bonds is 4. The third kappa shape index (κ3) is 4.00. The van der Waals surface area contributed by atoms with Gasteiger partial charge >= 0.3 is 5.97 Å². The van der Waals surface area contributed by atoms with E-state index in [2.05, 4.69) is 12.2 Å². The van der Waals surface area contributed by atoms with Crippen LogP contribution in [-0.4, -0.2) is 34.2 Å². The Balaban J connectivity index is 2.40. The lowest BCUT2D eigenvalue weighted by Crippen LogP contribution is -2.47. The van der Waals surface area contributed by atoms with Crippen LogP contribution in [0.5, 0.6) is 0 Å². The van der Waals surface area contributed by atoms with Crippen molar-refractivity contribution in [2.45, 2.75) is 45.1 Å². The fraction of sp³-hybridized carbons (Fsp3) is 0.833. The van der Waals surface area contributed by atoms with Crippen molar-refractivity contribution < 1.29 is 19.8 Å². The van der Waals surface area contributed by atoms with Crippen molar-refractivity contribution in [3.63, 3.8) is 0 Å². The zero-order valence-corrected chi connectivity index (χ0v) is 10.4. The second-order valence-electron chi connectivity index (χ2n) is 5.18. The molecule has 1 rings (SSSR count). The normalized spacial score (nSPS) is 30.6. The number of aliphatic hydroxyl groups is 1. The molecule has 17 heavy (non-hydrogen) atoms. The number of carboxylic acid groups (broad SMARTS) is 1. The number of carbonyl (C=O) groups excluding carboxylic acids is 1. The highest BCUT2D eigenvalue weighted by Crippen LogP contribution is 2.31. The summed E-state index contributed by atoms with van der Waals surface area (Å²) in [7, 11) is 0. The molecule has 5 nitrogen and oxygen atoms in total. The predicted octanol–water partition coefficient (Wildman–Crippen LogP) is 0.764. The van der Waals surface area contributed by atoms with Crippen LogP contribution in [0, 0.1) is 11.8 Å². The van der Waals surface area contributed by atoms with Crippen molar-refractivity contribution in [2.75, 3.05) is 6.54 Å². The number of hydrogen-bond donors (Lipinski definition) is 3. The van der Waals surface area contributed by atoms with E-state index in [1.54, 1.807) is 0 Å². The first kappa shape index (κ1) is 14.0. The maximum absolute atomic E-state index is 11.4. The van der Waals surface area contributed by atoms with E-state index in [0.29, 0.717) is 18.8 Å². The fourth-order valence-electron chi connectivity index (χ4n) is 1.99. The molecule has 0 aromatic carbocycles. The van der Waals surface area contributed by atoms with E-state index < -0.39 is 23.4 Å². The molecule has 0 bridgehead atoms. The minimum absolute atomic E-state index is 0.149. The summed E-state index contributed by atoms with van der Waals surface area (Å²) in [5.41, 5.74) is -0.861. The number of amides is 1. The molecule has 98 valence electrons. The van der Waals surface area contributed by atoms with Gasteiger partial charge in [-0.05, 0) is 38.5 Å². The van der Waals surface area contributed by atoms with Crippen molar-refractivity contribution in [3.05, 3.63) is 0 Å². The van der Waals surface area contributed by atoms with Gasteiger partial charge in [-0.3, -0.25) is 9.59 Å². The number of nitrogens with one attached hydrogen (secondary N) is 1. The van der Waals surface area contributed by atoms with Crippen LogP contribution in [-0.2, 0) is 9.59 Å². The van der Waals surface area contributed by atoms with E-state index in [-0.39, 0.29) is 6.54 Å². The van der Waals surface area contributed by atoms with Crippen LogP contribution in [0.4, 0.5) is 0 Å². The molecule has 1 unspecified atom stereocenters. The van der Waals surface area contributed by atoms with Gasteiger partial charge < -0.3 is 15.5 Å². The van der Waals surface area contributed by atoms with E-state index in [4.69, 9.17) is 5.11 Å². The van der Waals surface area contributed by atoms with Gasteiger partial charge in [-0.2, -0.15) is 0 Å².